The van der Waals surface area contributed by atoms with E-state index in [0.717, 1.165) is 5.56 Å². The molecular weight excluding hydrogens is 224 g/mol. The molecule has 0 aromatic heterocycles. The average Bonchev–Trinajstić information content (AvgIpc) is 2.37. The van der Waals surface area contributed by atoms with Gasteiger partial charge in [0.05, 0.1) is 5.92 Å². The smallest absolute Gasteiger partial charge is 0.230 e. The maximum absolute atomic E-state index is 12.3. The van der Waals surface area contributed by atoms with Crippen LogP contribution >= 0.6 is 0 Å². The molecule has 1 aromatic carbocycles. The highest BCUT2D eigenvalue weighted by Crippen LogP contribution is 2.20. The number of benzene rings is 1. The second-order valence-corrected chi connectivity index (χ2v) is 4.21. The van der Waals surface area contributed by atoms with E-state index in [0.29, 0.717) is 18.8 Å². The van der Waals surface area contributed by atoms with Crippen molar-refractivity contribution in [2.24, 2.45) is 0 Å². The van der Waals surface area contributed by atoms with Crippen molar-refractivity contribution in [3.63, 3.8) is 0 Å². The van der Waals surface area contributed by atoms with Crippen molar-refractivity contribution in [2.75, 3.05) is 18.8 Å². The van der Waals surface area contributed by atoms with Gasteiger partial charge < -0.3 is 10.6 Å². The lowest BCUT2D eigenvalue weighted by molar-refractivity contribution is -0.131. The summed E-state index contributed by atoms with van der Waals surface area (Å²) < 4.78 is 0. The highest BCUT2D eigenvalue weighted by molar-refractivity contribution is 5.83. The van der Waals surface area contributed by atoms with Crippen LogP contribution in [0.2, 0.25) is 0 Å². The number of nitrogens with two attached hydrogens (primary N) is 1. The fourth-order valence-corrected chi connectivity index (χ4v) is 1.81. The average molecular weight is 244 g/mol. The first kappa shape index (κ1) is 14.0. The minimum absolute atomic E-state index is 0.0559. The van der Waals surface area contributed by atoms with Crippen LogP contribution in [-0.2, 0) is 4.79 Å². The van der Waals surface area contributed by atoms with Crippen molar-refractivity contribution in [3.05, 3.63) is 55.1 Å². The van der Waals surface area contributed by atoms with Crippen molar-refractivity contribution in [2.45, 2.75) is 12.8 Å². The first-order chi connectivity index (χ1) is 8.60. The van der Waals surface area contributed by atoms with Crippen molar-refractivity contribution >= 4 is 11.6 Å². The standard InChI is InChI=1S/C15H20N2O/c1-4-9-17(10-5-2)15(18)12(3)13-7-6-8-14(16)11-13/h4-8,11-12H,1-2,9-10,16H2,3H3. The third-order valence-electron chi connectivity index (χ3n) is 2.79. The highest BCUT2D eigenvalue weighted by atomic mass is 16.2. The lowest BCUT2D eigenvalue weighted by atomic mass is 9.99. The monoisotopic (exact) mass is 244 g/mol. The van der Waals surface area contributed by atoms with Crippen molar-refractivity contribution in [1.29, 1.82) is 0 Å². The van der Waals surface area contributed by atoms with Gasteiger partial charge in [-0.2, -0.15) is 0 Å². The number of rotatable bonds is 6. The molecule has 1 rings (SSSR count). The van der Waals surface area contributed by atoms with Gasteiger partial charge in [-0.25, -0.2) is 0 Å². The summed E-state index contributed by atoms with van der Waals surface area (Å²) in [5.74, 6) is -0.159. The van der Waals surface area contributed by atoms with Gasteiger partial charge in [0.25, 0.3) is 0 Å². The van der Waals surface area contributed by atoms with Gasteiger partial charge in [-0.1, -0.05) is 24.3 Å². The van der Waals surface area contributed by atoms with E-state index in [1.807, 2.05) is 31.2 Å². The number of nitrogen functional groups attached to an aromatic ring is 1. The summed E-state index contributed by atoms with van der Waals surface area (Å²) in [6.07, 6.45) is 3.43. The Morgan fingerprint density at radius 3 is 2.50 bits per heavy atom. The molecule has 1 unspecified atom stereocenters. The van der Waals surface area contributed by atoms with Gasteiger partial charge in [-0.05, 0) is 24.6 Å². The van der Waals surface area contributed by atoms with Gasteiger partial charge in [0.1, 0.15) is 0 Å². The lowest BCUT2D eigenvalue weighted by Gasteiger charge is -2.23. The molecule has 0 saturated carbocycles. The molecule has 0 aliphatic rings. The van der Waals surface area contributed by atoms with Crippen LogP contribution in [0, 0.1) is 0 Å². The van der Waals surface area contributed by atoms with E-state index in [1.54, 1.807) is 17.1 Å². The number of hydrogen-bond donors (Lipinski definition) is 1. The number of carbonyl (C=O) groups is 1. The van der Waals surface area contributed by atoms with Crippen LogP contribution in [0.3, 0.4) is 0 Å². The first-order valence-electron chi connectivity index (χ1n) is 5.96. The molecule has 0 saturated heterocycles. The van der Waals surface area contributed by atoms with E-state index in [1.165, 1.54) is 0 Å². The van der Waals surface area contributed by atoms with E-state index >= 15 is 0 Å². The number of amides is 1. The minimum Gasteiger partial charge on any atom is -0.399 e. The topological polar surface area (TPSA) is 46.3 Å². The summed E-state index contributed by atoms with van der Waals surface area (Å²) >= 11 is 0. The summed E-state index contributed by atoms with van der Waals surface area (Å²) in [5.41, 5.74) is 7.33. The van der Waals surface area contributed by atoms with E-state index in [-0.39, 0.29) is 11.8 Å². The number of carbonyl (C=O) groups excluding carboxylic acids is 1. The van der Waals surface area contributed by atoms with E-state index in [9.17, 15) is 4.79 Å². The SMILES string of the molecule is C=CCN(CC=C)C(=O)C(C)c1cccc(N)c1. The largest absolute Gasteiger partial charge is 0.399 e. The van der Waals surface area contributed by atoms with Crippen LogP contribution in [0.5, 0.6) is 0 Å². The second kappa shape index (κ2) is 6.64. The van der Waals surface area contributed by atoms with E-state index < -0.39 is 0 Å². The van der Waals surface area contributed by atoms with Gasteiger partial charge in [0.2, 0.25) is 5.91 Å². The molecule has 3 nitrogen and oxygen atoms in total. The Balaban J connectivity index is 2.87. The summed E-state index contributed by atoms with van der Waals surface area (Å²) in [7, 11) is 0. The molecule has 1 aromatic rings. The Kier molecular flexibility index (Phi) is 5.18. The molecular formula is C15H20N2O. The molecule has 96 valence electrons. The molecule has 1 amide bonds. The Bertz CT molecular complexity index is 430. The Morgan fingerprint density at radius 2 is 2.00 bits per heavy atom. The van der Waals surface area contributed by atoms with Crippen LogP contribution in [0.4, 0.5) is 5.69 Å². The summed E-state index contributed by atoms with van der Waals surface area (Å²) in [5, 5.41) is 0. The number of hydrogen-bond acceptors (Lipinski definition) is 2. The fourth-order valence-electron chi connectivity index (χ4n) is 1.81. The van der Waals surface area contributed by atoms with E-state index in [4.69, 9.17) is 5.73 Å². The Hall–Kier alpha value is -2.03. The molecule has 1 atom stereocenters. The van der Waals surface area contributed by atoms with Crippen molar-refractivity contribution in [1.82, 2.24) is 4.90 Å². The van der Waals surface area contributed by atoms with Crippen LogP contribution in [0.1, 0.15) is 18.4 Å². The summed E-state index contributed by atoms with van der Waals surface area (Å²) in [6.45, 7) is 10.3. The van der Waals surface area contributed by atoms with Crippen LogP contribution < -0.4 is 5.73 Å². The second-order valence-electron chi connectivity index (χ2n) is 4.21. The molecule has 0 radical (unpaired) electrons. The van der Waals surface area contributed by atoms with Crippen LogP contribution in [0.15, 0.2) is 49.6 Å². The third kappa shape index (κ3) is 3.48. The van der Waals surface area contributed by atoms with Gasteiger partial charge in [-0.3, -0.25) is 4.79 Å². The molecule has 0 spiro atoms. The summed E-state index contributed by atoms with van der Waals surface area (Å²) in [6, 6.07) is 7.42. The molecule has 0 heterocycles. The van der Waals surface area contributed by atoms with Gasteiger partial charge in [0.15, 0.2) is 0 Å². The normalized spacial score (nSPS) is 11.6. The van der Waals surface area contributed by atoms with Crippen LogP contribution in [-0.4, -0.2) is 23.9 Å². The molecule has 0 aliphatic carbocycles. The van der Waals surface area contributed by atoms with Gasteiger partial charge >= 0.3 is 0 Å². The quantitative estimate of drug-likeness (QED) is 0.617. The molecule has 0 fully saturated rings. The fraction of sp³-hybridized carbons (Fsp3) is 0.267. The van der Waals surface area contributed by atoms with Gasteiger partial charge in [0, 0.05) is 18.8 Å². The summed E-state index contributed by atoms with van der Waals surface area (Å²) in [4.78, 5) is 14.0. The lowest BCUT2D eigenvalue weighted by Crippen LogP contribution is -2.34. The predicted molar refractivity (Wildman–Crippen MR) is 76.2 cm³/mol. The van der Waals surface area contributed by atoms with Crippen molar-refractivity contribution in [3.8, 4) is 0 Å². The molecule has 2 N–H and O–H groups in total. The zero-order chi connectivity index (χ0) is 13.5. The third-order valence-corrected chi connectivity index (χ3v) is 2.79. The molecule has 0 aliphatic heterocycles. The molecule has 0 bridgehead atoms. The maximum Gasteiger partial charge on any atom is 0.230 e. The minimum atomic E-state index is -0.214. The first-order valence-corrected chi connectivity index (χ1v) is 5.96. The number of anilines is 1. The highest BCUT2D eigenvalue weighted by Gasteiger charge is 2.20. The molecule has 18 heavy (non-hydrogen) atoms. The van der Waals surface area contributed by atoms with Crippen LogP contribution in [0.25, 0.3) is 0 Å². The molecule has 3 heteroatoms. The van der Waals surface area contributed by atoms with Gasteiger partial charge in [-0.15, -0.1) is 13.2 Å². The maximum atomic E-state index is 12.3. The Labute approximate surface area is 109 Å². The zero-order valence-corrected chi connectivity index (χ0v) is 10.8. The van der Waals surface area contributed by atoms with E-state index in [2.05, 4.69) is 13.2 Å². The zero-order valence-electron chi connectivity index (χ0n) is 10.8. The number of nitrogens with zero attached hydrogens (tertiary/aromatic N) is 1. The van der Waals surface area contributed by atoms with Crippen molar-refractivity contribution < 1.29 is 4.79 Å². The predicted octanol–water partition coefficient (Wildman–Crippen LogP) is 2.57. The Morgan fingerprint density at radius 1 is 1.39 bits per heavy atom.